The van der Waals surface area contributed by atoms with Crippen LogP contribution in [-0.4, -0.2) is 72.8 Å². The highest BCUT2D eigenvalue weighted by molar-refractivity contribution is 7.46. The number of cyclic esters (lactones) is 1. The Bertz CT molecular complexity index is 746. The van der Waals surface area contributed by atoms with E-state index in [0.717, 1.165) is 12.2 Å². The van der Waals surface area contributed by atoms with Crippen molar-refractivity contribution < 1.29 is 48.8 Å². The SMILES string of the molecule is CC(O)(/C=C/C1OC(=O)C=CC1O)C(CC(O)/C=C/C=C/C=C/CO)OP(=O)(O)O. The standard InChI is InChI=1S/C19H27O10P/c1-19(24,11-10-16-15(22)8-9-18(23)28-16)17(29-30(25,26)27)13-14(21)7-5-3-2-4-6-12-20/h2-11,14-17,20-22,24H,12-13H2,1H3,(H2,25,26,27)/b3-2+,6-4+,7-5+,11-10+. The van der Waals surface area contributed by atoms with E-state index in [1.165, 1.54) is 37.3 Å². The molecule has 0 aromatic rings. The summed E-state index contributed by atoms with van der Waals surface area (Å²) in [5.41, 5.74) is -2.00. The molecule has 0 spiro atoms. The normalized spacial score (nSPS) is 24.7. The molecule has 5 unspecified atom stereocenters. The second kappa shape index (κ2) is 12.1. The van der Waals surface area contributed by atoms with Crippen LogP contribution in [0.15, 0.2) is 60.8 Å². The molecule has 11 heteroatoms. The molecule has 30 heavy (non-hydrogen) atoms. The first-order chi connectivity index (χ1) is 13.9. The van der Waals surface area contributed by atoms with E-state index in [1.807, 2.05) is 0 Å². The summed E-state index contributed by atoms with van der Waals surface area (Å²) in [6.07, 6.45) is 8.07. The van der Waals surface area contributed by atoms with Crippen molar-refractivity contribution >= 4 is 13.8 Å². The van der Waals surface area contributed by atoms with Crippen LogP contribution in [0.4, 0.5) is 0 Å². The molecule has 0 aromatic carbocycles. The molecule has 168 valence electrons. The molecule has 1 aliphatic rings. The van der Waals surface area contributed by atoms with Crippen LogP contribution < -0.4 is 0 Å². The van der Waals surface area contributed by atoms with Crippen LogP contribution in [-0.2, 0) is 18.6 Å². The second-order valence-electron chi connectivity index (χ2n) is 6.60. The van der Waals surface area contributed by atoms with Gasteiger partial charge in [0.25, 0.3) is 0 Å². The predicted molar refractivity (Wildman–Crippen MR) is 107 cm³/mol. The maximum Gasteiger partial charge on any atom is 0.469 e. The average molecular weight is 446 g/mol. The maximum absolute atomic E-state index is 11.3. The molecule has 1 heterocycles. The third kappa shape index (κ3) is 10.2. The van der Waals surface area contributed by atoms with Gasteiger partial charge in [-0.3, -0.25) is 4.52 Å². The summed E-state index contributed by atoms with van der Waals surface area (Å²) in [5.74, 6) is -0.694. The van der Waals surface area contributed by atoms with Gasteiger partial charge in [0.2, 0.25) is 0 Å². The minimum Gasteiger partial charge on any atom is -0.452 e. The Morgan fingerprint density at radius 3 is 2.60 bits per heavy atom. The Morgan fingerprint density at radius 1 is 1.30 bits per heavy atom. The third-order valence-electron chi connectivity index (χ3n) is 3.92. The zero-order chi connectivity index (χ0) is 22.8. The van der Waals surface area contributed by atoms with Gasteiger partial charge in [-0.1, -0.05) is 42.5 Å². The van der Waals surface area contributed by atoms with Gasteiger partial charge in [-0.05, 0) is 19.1 Å². The molecule has 1 rings (SSSR count). The van der Waals surface area contributed by atoms with E-state index in [-0.39, 0.29) is 13.0 Å². The maximum atomic E-state index is 11.3. The van der Waals surface area contributed by atoms with Crippen LogP contribution >= 0.6 is 7.82 Å². The number of hydrogen-bond donors (Lipinski definition) is 6. The molecular weight excluding hydrogens is 419 g/mol. The van der Waals surface area contributed by atoms with Crippen molar-refractivity contribution in [2.45, 2.75) is 43.4 Å². The van der Waals surface area contributed by atoms with Crippen molar-refractivity contribution in [1.29, 1.82) is 0 Å². The number of ether oxygens (including phenoxy) is 1. The van der Waals surface area contributed by atoms with Gasteiger partial charge >= 0.3 is 13.8 Å². The predicted octanol–water partition coefficient (Wildman–Crippen LogP) is 0.0259. The van der Waals surface area contributed by atoms with Crippen LogP contribution in [0.1, 0.15) is 13.3 Å². The molecule has 10 nitrogen and oxygen atoms in total. The quantitative estimate of drug-likeness (QED) is 0.110. The molecule has 0 saturated carbocycles. The molecule has 0 aromatic heterocycles. The van der Waals surface area contributed by atoms with Crippen LogP contribution in [0.3, 0.4) is 0 Å². The van der Waals surface area contributed by atoms with Gasteiger partial charge in [0.15, 0.2) is 0 Å². The van der Waals surface area contributed by atoms with Gasteiger partial charge in [0, 0.05) is 12.5 Å². The number of esters is 1. The lowest BCUT2D eigenvalue weighted by Crippen LogP contribution is -2.41. The van der Waals surface area contributed by atoms with Gasteiger partial charge in [-0.25, -0.2) is 9.36 Å². The fourth-order valence-electron chi connectivity index (χ4n) is 2.39. The van der Waals surface area contributed by atoms with Gasteiger partial charge in [-0.15, -0.1) is 0 Å². The van der Waals surface area contributed by atoms with Gasteiger partial charge in [0.05, 0.1) is 12.7 Å². The van der Waals surface area contributed by atoms with E-state index in [9.17, 15) is 24.7 Å². The molecule has 0 saturated heterocycles. The summed E-state index contributed by atoms with van der Waals surface area (Å²) in [7, 11) is -5.02. The Morgan fingerprint density at radius 2 is 1.97 bits per heavy atom. The number of aliphatic hydroxyl groups is 4. The minimum atomic E-state index is -5.02. The summed E-state index contributed by atoms with van der Waals surface area (Å²) in [6, 6.07) is 0. The molecule has 6 N–H and O–H groups in total. The lowest BCUT2D eigenvalue weighted by atomic mass is 9.92. The highest BCUT2D eigenvalue weighted by Gasteiger charge is 2.37. The van der Waals surface area contributed by atoms with E-state index in [2.05, 4.69) is 4.52 Å². The summed E-state index contributed by atoms with van der Waals surface area (Å²) < 4.78 is 20.9. The number of rotatable bonds is 11. The first kappa shape index (κ1) is 26.2. The fraction of sp³-hybridized carbons (Fsp3) is 0.421. The van der Waals surface area contributed by atoms with Crippen molar-refractivity contribution in [3.05, 3.63) is 60.8 Å². The lowest BCUT2D eigenvalue weighted by molar-refractivity contribution is -0.146. The number of allylic oxidation sites excluding steroid dienone is 4. The van der Waals surface area contributed by atoms with Crippen LogP contribution in [0, 0.1) is 0 Å². The molecule has 0 aliphatic carbocycles. The third-order valence-corrected chi connectivity index (χ3v) is 4.45. The van der Waals surface area contributed by atoms with E-state index in [4.69, 9.17) is 19.6 Å². The summed E-state index contributed by atoms with van der Waals surface area (Å²) >= 11 is 0. The van der Waals surface area contributed by atoms with E-state index in [0.29, 0.717) is 0 Å². The summed E-state index contributed by atoms with van der Waals surface area (Å²) in [6.45, 7) is 1.07. The number of phosphoric ester groups is 1. The zero-order valence-electron chi connectivity index (χ0n) is 16.3. The fourth-order valence-corrected chi connectivity index (χ4v) is 3.02. The highest BCUT2D eigenvalue weighted by Crippen LogP contribution is 2.41. The van der Waals surface area contributed by atoms with Crippen molar-refractivity contribution in [2.24, 2.45) is 0 Å². The number of hydrogen-bond acceptors (Lipinski definition) is 8. The Kier molecular flexibility index (Phi) is 10.5. The highest BCUT2D eigenvalue weighted by atomic mass is 31.2. The van der Waals surface area contributed by atoms with Gasteiger partial charge < -0.3 is 34.9 Å². The number of aliphatic hydroxyl groups excluding tert-OH is 3. The number of carbonyl (C=O) groups excluding carboxylic acids is 1. The van der Waals surface area contributed by atoms with Crippen molar-refractivity contribution in [3.8, 4) is 0 Å². The Hall–Kier alpha value is -1.88. The largest absolute Gasteiger partial charge is 0.469 e. The molecule has 5 atom stereocenters. The van der Waals surface area contributed by atoms with Gasteiger partial charge in [-0.2, -0.15) is 0 Å². The van der Waals surface area contributed by atoms with Crippen molar-refractivity contribution in [3.63, 3.8) is 0 Å². The number of phosphoric acid groups is 1. The number of carbonyl (C=O) groups is 1. The molecule has 1 aliphatic heterocycles. The minimum absolute atomic E-state index is 0.117. The molecule has 0 bridgehead atoms. The molecule has 0 fully saturated rings. The van der Waals surface area contributed by atoms with Crippen LogP contribution in [0.2, 0.25) is 0 Å². The van der Waals surface area contributed by atoms with E-state index >= 15 is 0 Å². The second-order valence-corrected chi connectivity index (χ2v) is 7.80. The van der Waals surface area contributed by atoms with Gasteiger partial charge in [0.1, 0.15) is 23.9 Å². The van der Waals surface area contributed by atoms with E-state index < -0.39 is 43.8 Å². The Labute approximate surface area is 174 Å². The smallest absolute Gasteiger partial charge is 0.452 e. The monoisotopic (exact) mass is 446 g/mol. The first-order valence-electron chi connectivity index (χ1n) is 8.96. The average Bonchev–Trinajstić information content (AvgIpc) is 2.63. The topological polar surface area (TPSA) is 174 Å². The van der Waals surface area contributed by atoms with Crippen molar-refractivity contribution in [2.75, 3.05) is 6.61 Å². The summed E-state index contributed by atoms with van der Waals surface area (Å²) in [5, 5.41) is 39.2. The molecular formula is C19H27O10P. The Balaban J connectivity index is 2.90. The molecule has 0 radical (unpaired) electrons. The van der Waals surface area contributed by atoms with Crippen LogP contribution in [0.5, 0.6) is 0 Å². The zero-order valence-corrected chi connectivity index (χ0v) is 17.2. The lowest BCUT2D eigenvalue weighted by Gasteiger charge is -2.32. The first-order valence-corrected chi connectivity index (χ1v) is 10.5. The summed E-state index contributed by atoms with van der Waals surface area (Å²) in [4.78, 5) is 29.6. The van der Waals surface area contributed by atoms with Crippen LogP contribution in [0.25, 0.3) is 0 Å². The van der Waals surface area contributed by atoms with Crippen molar-refractivity contribution in [1.82, 2.24) is 0 Å². The van der Waals surface area contributed by atoms with E-state index in [1.54, 1.807) is 18.2 Å². The molecule has 0 amide bonds.